The van der Waals surface area contributed by atoms with E-state index < -0.39 is 0 Å². The van der Waals surface area contributed by atoms with E-state index in [0.717, 1.165) is 10.0 Å². The summed E-state index contributed by atoms with van der Waals surface area (Å²) in [7, 11) is 0. The van der Waals surface area contributed by atoms with E-state index in [0.29, 0.717) is 10.9 Å². The molecule has 3 rings (SSSR count). The number of benzene rings is 1. The fourth-order valence-corrected chi connectivity index (χ4v) is 3.96. The summed E-state index contributed by atoms with van der Waals surface area (Å²) in [4.78, 5) is 12.2. The van der Waals surface area contributed by atoms with Crippen molar-refractivity contribution in [2.75, 3.05) is 16.4 Å². The highest BCUT2D eigenvalue weighted by molar-refractivity contribution is 8.01. The average molecular weight is 403 g/mol. The lowest BCUT2D eigenvalue weighted by molar-refractivity contribution is -0.113. The number of amides is 1. The van der Waals surface area contributed by atoms with Gasteiger partial charge in [0, 0.05) is 17.8 Å². The SMILES string of the molecule is Cc1ccc(Nc2nnc(SCC(=O)Nc3ccnn3C(C)C)s2)cc1C. The maximum atomic E-state index is 12.2. The number of thioether (sulfide) groups is 1. The summed E-state index contributed by atoms with van der Waals surface area (Å²) in [5, 5.41) is 19.3. The van der Waals surface area contributed by atoms with E-state index >= 15 is 0 Å². The molecule has 0 radical (unpaired) electrons. The van der Waals surface area contributed by atoms with Crippen LogP contribution in [0.25, 0.3) is 0 Å². The molecule has 0 fully saturated rings. The zero-order valence-electron chi connectivity index (χ0n) is 15.7. The monoisotopic (exact) mass is 402 g/mol. The lowest BCUT2D eigenvalue weighted by Gasteiger charge is -2.11. The van der Waals surface area contributed by atoms with Gasteiger partial charge in [0.1, 0.15) is 5.82 Å². The Morgan fingerprint density at radius 3 is 2.78 bits per heavy atom. The van der Waals surface area contributed by atoms with Crippen LogP contribution in [0.3, 0.4) is 0 Å². The topological polar surface area (TPSA) is 84.7 Å². The first-order valence-electron chi connectivity index (χ1n) is 8.56. The van der Waals surface area contributed by atoms with Gasteiger partial charge in [-0.25, -0.2) is 4.68 Å². The lowest BCUT2D eigenvalue weighted by Crippen LogP contribution is -2.18. The van der Waals surface area contributed by atoms with Crippen molar-refractivity contribution >= 4 is 45.6 Å². The number of rotatable bonds is 7. The summed E-state index contributed by atoms with van der Waals surface area (Å²) >= 11 is 2.79. The molecule has 0 aliphatic carbocycles. The third-order valence-electron chi connectivity index (χ3n) is 3.92. The molecule has 142 valence electrons. The van der Waals surface area contributed by atoms with Crippen LogP contribution in [0.1, 0.15) is 31.0 Å². The second-order valence-corrected chi connectivity index (χ2v) is 8.59. The molecule has 2 heterocycles. The Morgan fingerprint density at radius 2 is 2.04 bits per heavy atom. The molecule has 0 unspecified atom stereocenters. The van der Waals surface area contributed by atoms with Gasteiger partial charge in [0.25, 0.3) is 0 Å². The fourth-order valence-electron chi connectivity index (χ4n) is 2.39. The third-order valence-corrected chi connectivity index (χ3v) is 5.89. The average Bonchev–Trinajstić information content (AvgIpc) is 3.26. The number of hydrogen-bond donors (Lipinski definition) is 2. The van der Waals surface area contributed by atoms with Crippen LogP contribution >= 0.6 is 23.1 Å². The van der Waals surface area contributed by atoms with E-state index in [9.17, 15) is 4.79 Å². The molecule has 9 heteroatoms. The number of carbonyl (C=O) groups is 1. The molecule has 0 saturated heterocycles. The highest BCUT2D eigenvalue weighted by Gasteiger charge is 2.12. The highest BCUT2D eigenvalue weighted by atomic mass is 32.2. The van der Waals surface area contributed by atoms with Crippen LogP contribution in [-0.2, 0) is 4.79 Å². The molecular weight excluding hydrogens is 380 g/mol. The molecule has 3 aromatic rings. The van der Waals surface area contributed by atoms with Crippen molar-refractivity contribution in [2.24, 2.45) is 0 Å². The third kappa shape index (κ3) is 5.08. The molecule has 7 nitrogen and oxygen atoms in total. The summed E-state index contributed by atoms with van der Waals surface area (Å²) in [6, 6.07) is 8.14. The van der Waals surface area contributed by atoms with Crippen LogP contribution in [0.5, 0.6) is 0 Å². The smallest absolute Gasteiger partial charge is 0.235 e. The molecule has 2 aromatic heterocycles. The van der Waals surface area contributed by atoms with Gasteiger partial charge in [0.2, 0.25) is 11.0 Å². The van der Waals surface area contributed by atoms with Gasteiger partial charge in [-0.15, -0.1) is 10.2 Å². The Morgan fingerprint density at radius 1 is 1.22 bits per heavy atom. The van der Waals surface area contributed by atoms with Gasteiger partial charge in [-0.1, -0.05) is 29.2 Å². The summed E-state index contributed by atoms with van der Waals surface area (Å²) < 4.78 is 2.52. The van der Waals surface area contributed by atoms with Gasteiger partial charge in [0.15, 0.2) is 4.34 Å². The van der Waals surface area contributed by atoms with E-state index in [2.05, 4.69) is 51.9 Å². The van der Waals surface area contributed by atoms with Crippen molar-refractivity contribution < 1.29 is 4.79 Å². The lowest BCUT2D eigenvalue weighted by atomic mass is 10.1. The minimum absolute atomic E-state index is 0.0960. The Bertz CT molecular complexity index is 934. The molecule has 0 saturated carbocycles. The highest BCUT2D eigenvalue weighted by Crippen LogP contribution is 2.28. The van der Waals surface area contributed by atoms with Gasteiger partial charge in [-0.2, -0.15) is 5.10 Å². The predicted octanol–water partition coefficient (Wildman–Crippen LogP) is 4.41. The number of hydrogen-bond acceptors (Lipinski definition) is 7. The summed E-state index contributed by atoms with van der Waals surface area (Å²) in [5.41, 5.74) is 3.45. The first kappa shape index (κ1) is 19.4. The first-order chi connectivity index (χ1) is 12.9. The summed E-state index contributed by atoms with van der Waals surface area (Å²) in [5.74, 6) is 0.868. The van der Waals surface area contributed by atoms with Crippen molar-refractivity contribution in [1.82, 2.24) is 20.0 Å². The van der Waals surface area contributed by atoms with E-state index in [-0.39, 0.29) is 17.7 Å². The molecule has 0 bridgehead atoms. The second kappa shape index (κ2) is 8.53. The van der Waals surface area contributed by atoms with Gasteiger partial charge in [-0.3, -0.25) is 4.79 Å². The van der Waals surface area contributed by atoms with Crippen molar-refractivity contribution in [3.05, 3.63) is 41.6 Å². The van der Waals surface area contributed by atoms with Crippen molar-refractivity contribution in [3.63, 3.8) is 0 Å². The predicted molar refractivity (Wildman–Crippen MR) is 111 cm³/mol. The minimum atomic E-state index is -0.0960. The Labute approximate surface area is 166 Å². The Kier molecular flexibility index (Phi) is 6.12. The quantitative estimate of drug-likeness (QED) is 0.570. The molecule has 0 aliphatic rings. The molecule has 1 aromatic carbocycles. The molecule has 0 atom stereocenters. The van der Waals surface area contributed by atoms with Gasteiger partial charge in [-0.05, 0) is 51.0 Å². The number of anilines is 3. The van der Waals surface area contributed by atoms with E-state index in [1.165, 1.54) is 34.2 Å². The number of nitrogens with zero attached hydrogens (tertiary/aromatic N) is 4. The first-order valence-corrected chi connectivity index (χ1v) is 10.4. The Hall–Kier alpha value is -2.39. The molecule has 0 aliphatic heterocycles. The van der Waals surface area contributed by atoms with E-state index in [1.54, 1.807) is 16.9 Å². The maximum absolute atomic E-state index is 12.2. The van der Waals surface area contributed by atoms with Crippen LogP contribution in [0.15, 0.2) is 34.8 Å². The number of aromatic nitrogens is 4. The molecule has 27 heavy (non-hydrogen) atoms. The van der Waals surface area contributed by atoms with Crippen LogP contribution in [0, 0.1) is 13.8 Å². The molecule has 2 N–H and O–H groups in total. The second-order valence-electron chi connectivity index (χ2n) is 6.39. The van der Waals surface area contributed by atoms with Gasteiger partial charge >= 0.3 is 0 Å². The minimum Gasteiger partial charge on any atom is -0.330 e. The maximum Gasteiger partial charge on any atom is 0.235 e. The largest absolute Gasteiger partial charge is 0.330 e. The number of nitrogens with one attached hydrogen (secondary N) is 2. The standard InChI is InChI=1S/C18H22N6OS2/c1-11(2)24-15(7-8-19-24)21-16(25)10-26-18-23-22-17(27-18)20-14-6-5-12(3)13(4)9-14/h5-9,11H,10H2,1-4H3,(H,20,22)(H,21,25). The fraction of sp³-hybridized carbons (Fsp3) is 0.333. The molecule has 0 spiro atoms. The van der Waals surface area contributed by atoms with Crippen molar-refractivity contribution in [2.45, 2.75) is 38.1 Å². The van der Waals surface area contributed by atoms with Crippen molar-refractivity contribution in [1.29, 1.82) is 0 Å². The zero-order valence-corrected chi connectivity index (χ0v) is 17.3. The number of aryl methyl sites for hydroxylation is 2. The normalized spacial score (nSPS) is 11.0. The van der Waals surface area contributed by atoms with Crippen LogP contribution in [0.4, 0.5) is 16.6 Å². The van der Waals surface area contributed by atoms with Crippen LogP contribution in [0.2, 0.25) is 0 Å². The van der Waals surface area contributed by atoms with E-state index in [4.69, 9.17) is 0 Å². The van der Waals surface area contributed by atoms with E-state index in [1.807, 2.05) is 19.9 Å². The van der Waals surface area contributed by atoms with Crippen LogP contribution < -0.4 is 10.6 Å². The molecular formula is C18H22N6OS2. The van der Waals surface area contributed by atoms with Gasteiger partial charge in [0.05, 0.1) is 11.9 Å². The Balaban J connectivity index is 1.53. The summed E-state index contributed by atoms with van der Waals surface area (Å²) in [6.45, 7) is 8.19. The van der Waals surface area contributed by atoms with Crippen LogP contribution in [-0.4, -0.2) is 31.6 Å². The zero-order chi connectivity index (χ0) is 19.4. The number of carbonyl (C=O) groups excluding carboxylic acids is 1. The van der Waals surface area contributed by atoms with Crippen molar-refractivity contribution in [3.8, 4) is 0 Å². The molecule has 1 amide bonds. The summed E-state index contributed by atoms with van der Waals surface area (Å²) in [6.07, 6.45) is 1.68. The van der Waals surface area contributed by atoms with Gasteiger partial charge < -0.3 is 10.6 Å².